The van der Waals surface area contributed by atoms with E-state index in [1.54, 1.807) is 0 Å². The predicted molar refractivity (Wildman–Crippen MR) is 91.6 cm³/mol. The van der Waals surface area contributed by atoms with E-state index in [2.05, 4.69) is 37.2 Å². The molecule has 1 heterocycles. The minimum absolute atomic E-state index is 0.242. The van der Waals surface area contributed by atoms with Crippen molar-refractivity contribution in [2.75, 3.05) is 13.6 Å². The standard InChI is InChI=1S/C18H30N2S/c1-4-16(19)17(18-12(2)7-8-21-18)20(3)11-15-10-13-5-6-14(15)9-13/h7-8,13-17H,4-6,9-11,19H2,1-3H3. The first-order chi connectivity index (χ1) is 10.1. The first-order valence-electron chi connectivity index (χ1n) is 8.60. The number of likely N-dealkylation sites (N-methyl/N-ethyl adjacent to an activating group) is 1. The number of nitrogens with two attached hydrogens (primary N) is 1. The third-order valence-corrected chi connectivity index (χ3v) is 7.02. The zero-order valence-electron chi connectivity index (χ0n) is 13.7. The molecule has 3 rings (SSSR count). The lowest BCUT2D eigenvalue weighted by molar-refractivity contribution is 0.155. The zero-order valence-corrected chi connectivity index (χ0v) is 14.5. The van der Waals surface area contributed by atoms with Crippen molar-refractivity contribution in [2.24, 2.45) is 23.5 Å². The van der Waals surface area contributed by atoms with Gasteiger partial charge in [-0.05, 0) is 74.4 Å². The second-order valence-corrected chi connectivity index (χ2v) is 8.31. The van der Waals surface area contributed by atoms with Crippen LogP contribution in [0.4, 0.5) is 0 Å². The Kier molecular flexibility index (Phi) is 4.72. The van der Waals surface area contributed by atoms with Gasteiger partial charge in [-0.15, -0.1) is 11.3 Å². The average molecular weight is 307 g/mol. The van der Waals surface area contributed by atoms with Gasteiger partial charge in [-0.1, -0.05) is 13.3 Å². The van der Waals surface area contributed by atoms with Crippen LogP contribution in [0.2, 0.25) is 0 Å². The largest absolute Gasteiger partial charge is 0.326 e. The van der Waals surface area contributed by atoms with Crippen molar-refractivity contribution in [3.63, 3.8) is 0 Å². The van der Waals surface area contributed by atoms with Crippen LogP contribution < -0.4 is 5.73 Å². The number of aryl methyl sites for hydroxylation is 1. The summed E-state index contributed by atoms with van der Waals surface area (Å²) in [6.45, 7) is 5.68. The Bertz CT molecular complexity index is 470. The van der Waals surface area contributed by atoms with Gasteiger partial charge in [0.15, 0.2) is 0 Å². The molecule has 5 atom stereocenters. The lowest BCUT2D eigenvalue weighted by atomic mass is 9.87. The van der Waals surface area contributed by atoms with Crippen LogP contribution in [-0.4, -0.2) is 24.5 Å². The van der Waals surface area contributed by atoms with Crippen molar-refractivity contribution in [1.82, 2.24) is 4.90 Å². The molecule has 2 bridgehead atoms. The van der Waals surface area contributed by atoms with Crippen molar-refractivity contribution < 1.29 is 0 Å². The van der Waals surface area contributed by atoms with E-state index in [1.807, 2.05) is 11.3 Å². The summed E-state index contributed by atoms with van der Waals surface area (Å²) < 4.78 is 0. The topological polar surface area (TPSA) is 29.3 Å². The van der Waals surface area contributed by atoms with Gasteiger partial charge in [-0.2, -0.15) is 0 Å². The van der Waals surface area contributed by atoms with Crippen molar-refractivity contribution >= 4 is 11.3 Å². The molecule has 0 spiro atoms. The molecule has 118 valence electrons. The van der Waals surface area contributed by atoms with Gasteiger partial charge in [0.05, 0.1) is 6.04 Å². The lowest BCUT2D eigenvalue weighted by Crippen LogP contribution is -2.41. The third kappa shape index (κ3) is 3.06. The van der Waals surface area contributed by atoms with Gasteiger partial charge in [-0.25, -0.2) is 0 Å². The van der Waals surface area contributed by atoms with E-state index in [1.165, 1.54) is 42.7 Å². The van der Waals surface area contributed by atoms with Gasteiger partial charge in [-0.3, -0.25) is 4.90 Å². The Hall–Kier alpha value is -0.380. The second-order valence-electron chi connectivity index (χ2n) is 7.36. The van der Waals surface area contributed by atoms with Crippen molar-refractivity contribution in [2.45, 2.75) is 58.0 Å². The van der Waals surface area contributed by atoms with Crippen LogP contribution in [0.3, 0.4) is 0 Å². The smallest absolute Gasteiger partial charge is 0.0593 e. The maximum atomic E-state index is 6.49. The van der Waals surface area contributed by atoms with Crippen LogP contribution in [0.25, 0.3) is 0 Å². The molecule has 2 aliphatic rings. The molecule has 2 aliphatic carbocycles. The van der Waals surface area contributed by atoms with E-state index in [-0.39, 0.29) is 6.04 Å². The Labute approximate surface area is 133 Å². The predicted octanol–water partition coefficient (Wildman–Crippen LogP) is 4.20. The number of nitrogens with zero attached hydrogens (tertiary/aromatic N) is 1. The Balaban J connectivity index is 1.72. The van der Waals surface area contributed by atoms with Gasteiger partial charge in [0.1, 0.15) is 0 Å². The van der Waals surface area contributed by atoms with Crippen LogP contribution in [-0.2, 0) is 0 Å². The van der Waals surface area contributed by atoms with Crippen LogP contribution in [0.15, 0.2) is 11.4 Å². The normalized spacial score (nSPS) is 31.0. The quantitative estimate of drug-likeness (QED) is 0.853. The lowest BCUT2D eigenvalue weighted by Gasteiger charge is -2.36. The number of rotatable bonds is 6. The Morgan fingerprint density at radius 3 is 2.71 bits per heavy atom. The van der Waals surface area contributed by atoms with Gasteiger partial charge < -0.3 is 5.73 Å². The second kappa shape index (κ2) is 6.39. The van der Waals surface area contributed by atoms with E-state index >= 15 is 0 Å². The summed E-state index contributed by atoms with van der Waals surface area (Å²) in [5.41, 5.74) is 7.90. The summed E-state index contributed by atoms with van der Waals surface area (Å²) in [7, 11) is 2.30. The molecular weight excluding hydrogens is 276 g/mol. The molecule has 3 heteroatoms. The average Bonchev–Trinajstić information content (AvgIpc) is 3.17. The number of hydrogen-bond donors (Lipinski definition) is 1. The highest BCUT2D eigenvalue weighted by Gasteiger charge is 2.40. The summed E-state index contributed by atoms with van der Waals surface area (Å²) in [6.07, 6.45) is 6.98. The van der Waals surface area contributed by atoms with Gasteiger partial charge in [0.2, 0.25) is 0 Å². The molecule has 2 nitrogen and oxygen atoms in total. The molecule has 1 aromatic rings. The van der Waals surface area contributed by atoms with Crippen LogP contribution >= 0.6 is 11.3 Å². The van der Waals surface area contributed by atoms with Crippen LogP contribution in [0.5, 0.6) is 0 Å². The fraction of sp³-hybridized carbons (Fsp3) is 0.778. The first-order valence-corrected chi connectivity index (χ1v) is 9.47. The van der Waals surface area contributed by atoms with E-state index in [9.17, 15) is 0 Å². The van der Waals surface area contributed by atoms with Crippen LogP contribution in [0, 0.1) is 24.7 Å². The van der Waals surface area contributed by atoms with Crippen molar-refractivity contribution in [3.05, 3.63) is 21.9 Å². The fourth-order valence-corrected chi connectivity index (χ4v) is 5.88. The summed E-state index contributed by atoms with van der Waals surface area (Å²) in [5.74, 6) is 2.95. The number of thiophene rings is 1. The highest BCUT2D eigenvalue weighted by atomic mass is 32.1. The third-order valence-electron chi connectivity index (χ3n) is 5.93. The molecule has 2 fully saturated rings. The minimum atomic E-state index is 0.242. The summed E-state index contributed by atoms with van der Waals surface area (Å²) in [6, 6.07) is 2.88. The highest BCUT2D eigenvalue weighted by Crippen LogP contribution is 2.49. The maximum absolute atomic E-state index is 6.49. The molecular formula is C18H30N2S. The molecule has 2 saturated carbocycles. The highest BCUT2D eigenvalue weighted by molar-refractivity contribution is 7.10. The SMILES string of the molecule is CCC(N)C(c1sccc1C)N(C)CC1CC2CCC1C2. The van der Waals surface area contributed by atoms with E-state index in [0.717, 1.165) is 24.2 Å². The molecule has 2 N–H and O–H groups in total. The summed E-state index contributed by atoms with van der Waals surface area (Å²) in [5, 5.41) is 2.21. The Morgan fingerprint density at radius 1 is 1.38 bits per heavy atom. The van der Waals surface area contributed by atoms with E-state index in [0.29, 0.717) is 6.04 Å². The van der Waals surface area contributed by atoms with Crippen LogP contribution in [0.1, 0.15) is 55.5 Å². The zero-order chi connectivity index (χ0) is 15.0. The molecule has 0 radical (unpaired) electrons. The molecule has 0 aromatic carbocycles. The molecule has 5 unspecified atom stereocenters. The van der Waals surface area contributed by atoms with Crippen molar-refractivity contribution in [3.8, 4) is 0 Å². The van der Waals surface area contributed by atoms with Gasteiger partial charge in [0, 0.05) is 17.5 Å². The molecule has 21 heavy (non-hydrogen) atoms. The fourth-order valence-electron chi connectivity index (χ4n) is 4.72. The monoisotopic (exact) mass is 306 g/mol. The van der Waals surface area contributed by atoms with E-state index < -0.39 is 0 Å². The first kappa shape index (κ1) is 15.5. The number of hydrogen-bond acceptors (Lipinski definition) is 3. The molecule has 1 aromatic heterocycles. The molecule has 0 amide bonds. The Morgan fingerprint density at radius 2 is 2.19 bits per heavy atom. The maximum Gasteiger partial charge on any atom is 0.0593 e. The summed E-state index contributed by atoms with van der Waals surface area (Å²) in [4.78, 5) is 4.05. The van der Waals surface area contributed by atoms with E-state index in [4.69, 9.17) is 5.73 Å². The number of fused-ring (bicyclic) bond motifs is 2. The minimum Gasteiger partial charge on any atom is -0.326 e. The van der Waals surface area contributed by atoms with Crippen molar-refractivity contribution in [1.29, 1.82) is 0 Å². The molecule has 0 aliphatic heterocycles. The molecule has 0 saturated heterocycles. The summed E-state index contributed by atoms with van der Waals surface area (Å²) >= 11 is 1.88. The van der Waals surface area contributed by atoms with Gasteiger partial charge in [0.25, 0.3) is 0 Å². The van der Waals surface area contributed by atoms with Gasteiger partial charge >= 0.3 is 0 Å².